The van der Waals surface area contributed by atoms with Crippen LogP contribution in [0, 0.1) is 0 Å². The lowest BCUT2D eigenvalue weighted by molar-refractivity contribution is -0.142. The van der Waals surface area contributed by atoms with E-state index in [1.807, 2.05) is 6.92 Å². The average Bonchev–Trinajstić information content (AvgIpc) is 2.74. The summed E-state index contributed by atoms with van der Waals surface area (Å²) in [6, 6.07) is -0.345. The fourth-order valence-corrected chi connectivity index (χ4v) is 4.26. The summed E-state index contributed by atoms with van der Waals surface area (Å²) in [4.78, 5) is 13.7. The predicted octanol–water partition coefficient (Wildman–Crippen LogP) is 8.60. The Kier molecular flexibility index (Phi) is 22.7. The Balaban J connectivity index is 3.73. The Morgan fingerprint density at radius 1 is 0.567 bits per heavy atom. The lowest BCUT2D eigenvalue weighted by Crippen LogP contribution is -2.40. The SMILES string of the molecule is CCCCCCCCCCCCN(CCCCCCCCCCCC)C(C)C(=O)O. The highest BCUT2D eigenvalue weighted by Crippen LogP contribution is 2.14. The summed E-state index contributed by atoms with van der Waals surface area (Å²) < 4.78 is 0. The maximum Gasteiger partial charge on any atom is 0.320 e. The van der Waals surface area contributed by atoms with Gasteiger partial charge in [-0.2, -0.15) is 0 Å². The molecule has 1 N–H and O–H groups in total. The van der Waals surface area contributed by atoms with E-state index in [1.165, 1.54) is 116 Å². The van der Waals surface area contributed by atoms with Crippen molar-refractivity contribution in [2.45, 2.75) is 155 Å². The number of carboxylic acids is 1. The van der Waals surface area contributed by atoms with Gasteiger partial charge in [-0.15, -0.1) is 0 Å². The van der Waals surface area contributed by atoms with Gasteiger partial charge in [0.05, 0.1) is 0 Å². The molecule has 3 nitrogen and oxygen atoms in total. The van der Waals surface area contributed by atoms with Crippen molar-refractivity contribution in [2.75, 3.05) is 13.1 Å². The third-order valence-corrected chi connectivity index (χ3v) is 6.50. The third kappa shape index (κ3) is 19.4. The zero-order chi connectivity index (χ0) is 22.3. The van der Waals surface area contributed by atoms with E-state index in [9.17, 15) is 9.90 Å². The summed E-state index contributed by atoms with van der Waals surface area (Å²) in [5, 5.41) is 9.43. The fourth-order valence-electron chi connectivity index (χ4n) is 4.26. The minimum atomic E-state index is -0.672. The Morgan fingerprint density at radius 2 is 0.833 bits per heavy atom. The molecule has 0 radical (unpaired) electrons. The standard InChI is InChI=1S/C27H55NO2/c1-4-6-8-10-12-14-16-18-20-22-24-28(26(3)27(29)30)25-23-21-19-17-15-13-11-9-7-5-2/h26H,4-25H2,1-3H3,(H,29,30). The number of rotatable bonds is 24. The molecular formula is C27H55NO2. The van der Waals surface area contributed by atoms with Crippen molar-refractivity contribution < 1.29 is 9.90 Å². The van der Waals surface area contributed by atoms with Crippen LogP contribution in [0.15, 0.2) is 0 Å². The normalized spacial score (nSPS) is 12.5. The molecule has 3 heteroatoms. The number of aliphatic carboxylic acids is 1. The van der Waals surface area contributed by atoms with E-state index in [1.54, 1.807) is 0 Å². The second-order valence-electron chi connectivity index (χ2n) is 9.41. The minimum absolute atomic E-state index is 0.345. The van der Waals surface area contributed by atoms with Crippen molar-refractivity contribution in [1.82, 2.24) is 4.90 Å². The summed E-state index contributed by atoms with van der Waals surface area (Å²) >= 11 is 0. The topological polar surface area (TPSA) is 40.5 Å². The number of hydrogen-bond donors (Lipinski definition) is 1. The van der Waals surface area contributed by atoms with Crippen LogP contribution in [0.3, 0.4) is 0 Å². The van der Waals surface area contributed by atoms with Crippen LogP contribution in [0.1, 0.15) is 149 Å². The molecule has 180 valence electrons. The molecule has 0 rings (SSSR count). The number of unbranched alkanes of at least 4 members (excludes halogenated alkanes) is 18. The second kappa shape index (κ2) is 23.1. The molecule has 0 aliphatic carbocycles. The van der Waals surface area contributed by atoms with Crippen molar-refractivity contribution in [3.8, 4) is 0 Å². The number of carbonyl (C=O) groups is 1. The minimum Gasteiger partial charge on any atom is -0.480 e. The van der Waals surface area contributed by atoms with Gasteiger partial charge >= 0.3 is 5.97 Å². The van der Waals surface area contributed by atoms with E-state index in [0.717, 1.165) is 25.9 Å². The Labute approximate surface area is 189 Å². The van der Waals surface area contributed by atoms with Crippen LogP contribution in [0.5, 0.6) is 0 Å². The van der Waals surface area contributed by atoms with Crippen LogP contribution >= 0.6 is 0 Å². The fraction of sp³-hybridized carbons (Fsp3) is 0.963. The number of nitrogens with zero attached hydrogens (tertiary/aromatic N) is 1. The molecule has 1 atom stereocenters. The molecule has 30 heavy (non-hydrogen) atoms. The molecule has 0 amide bonds. The van der Waals surface area contributed by atoms with E-state index in [-0.39, 0.29) is 6.04 Å². The van der Waals surface area contributed by atoms with Gasteiger partial charge in [0.1, 0.15) is 6.04 Å². The Morgan fingerprint density at radius 3 is 1.10 bits per heavy atom. The molecule has 0 heterocycles. The molecule has 0 bridgehead atoms. The molecular weight excluding hydrogens is 370 g/mol. The van der Waals surface area contributed by atoms with Gasteiger partial charge in [0.2, 0.25) is 0 Å². The highest BCUT2D eigenvalue weighted by molar-refractivity contribution is 5.72. The van der Waals surface area contributed by atoms with Crippen LogP contribution in [-0.2, 0) is 4.79 Å². The van der Waals surface area contributed by atoms with Gasteiger partial charge in [-0.05, 0) is 32.9 Å². The van der Waals surface area contributed by atoms with Gasteiger partial charge in [-0.3, -0.25) is 9.69 Å². The van der Waals surface area contributed by atoms with E-state index in [2.05, 4.69) is 18.7 Å². The summed E-state index contributed by atoms with van der Waals surface area (Å²) in [7, 11) is 0. The average molecular weight is 426 g/mol. The summed E-state index contributed by atoms with van der Waals surface area (Å²) in [5.74, 6) is -0.672. The zero-order valence-corrected chi connectivity index (χ0v) is 20.9. The summed E-state index contributed by atoms with van der Waals surface area (Å²) in [6.07, 6.45) is 26.6. The van der Waals surface area contributed by atoms with Crippen molar-refractivity contribution in [3.05, 3.63) is 0 Å². The summed E-state index contributed by atoms with van der Waals surface area (Å²) in [6.45, 7) is 8.29. The lowest BCUT2D eigenvalue weighted by atomic mass is 10.1. The second-order valence-corrected chi connectivity index (χ2v) is 9.41. The van der Waals surface area contributed by atoms with Gasteiger partial charge in [-0.1, -0.05) is 129 Å². The highest BCUT2D eigenvalue weighted by atomic mass is 16.4. The number of carboxylic acid groups (broad SMARTS) is 1. The maximum absolute atomic E-state index is 11.5. The Hall–Kier alpha value is -0.570. The molecule has 0 aliphatic heterocycles. The van der Waals surface area contributed by atoms with Crippen molar-refractivity contribution in [1.29, 1.82) is 0 Å². The predicted molar refractivity (Wildman–Crippen MR) is 132 cm³/mol. The van der Waals surface area contributed by atoms with Crippen molar-refractivity contribution in [3.63, 3.8) is 0 Å². The quantitative estimate of drug-likeness (QED) is 0.157. The monoisotopic (exact) mass is 425 g/mol. The molecule has 1 unspecified atom stereocenters. The maximum atomic E-state index is 11.5. The molecule has 0 saturated carbocycles. The van der Waals surface area contributed by atoms with Crippen LogP contribution in [0.4, 0.5) is 0 Å². The first-order chi connectivity index (χ1) is 14.6. The van der Waals surface area contributed by atoms with Crippen molar-refractivity contribution >= 4 is 5.97 Å². The third-order valence-electron chi connectivity index (χ3n) is 6.50. The van der Waals surface area contributed by atoms with Crippen LogP contribution in [-0.4, -0.2) is 35.1 Å². The molecule has 0 fully saturated rings. The molecule has 0 aromatic heterocycles. The van der Waals surface area contributed by atoms with E-state index in [0.29, 0.717) is 0 Å². The molecule has 0 aromatic rings. The van der Waals surface area contributed by atoms with Gasteiger partial charge in [0.25, 0.3) is 0 Å². The zero-order valence-electron chi connectivity index (χ0n) is 20.9. The van der Waals surface area contributed by atoms with E-state index >= 15 is 0 Å². The Bertz CT molecular complexity index is 335. The molecule has 0 aromatic carbocycles. The largest absolute Gasteiger partial charge is 0.480 e. The summed E-state index contributed by atoms with van der Waals surface area (Å²) in [5.41, 5.74) is 0. The van der Waals surface area contributed by atoms with Gasteiger partial charge in [0, 0.05) is 0 Å². The molecule has 0 spiro atoms. The lowest BCUT2D eigenvalue weighted by Gasteiger charge is -2.26. The van der Waals surface area contributed by atoms with Crippen LogP contribution < -0.4 is 0 Å². The smallest absolute Gasteiger partial charge is 0.320 e. The first-order valence-corrected chi connectivity index (χ1v) is 13.6. The molecule has 0 aliphatic rings. The van der Waals surface area contributed by atoms with E-state index in [4.69, 9.17) is 0 Å². The highest BCUT2D eigenvalue weighted by Gasteiger charge is 2.19. The van der Waals surface area contributed by atoms with Gasteiger partial charge < -0.3 is 5.11 Å². The van der Waals surface area contributed by atoms with Crippen molar-refractivity contribution in [2.24, 2.45) is 0 Å². The first kappa shape index (κ1) is 29.4. The van der Waals surface area contributed by atoms with E-state index < -0.39 is 5.97 Å². The molecule has 0 saturated heterocycles. The number of hydrogen-bond acceptors (Lipinski definition) is 2. The van der Waals surface area contributed by atoms with Crippen LogP contribution in [0.25, 0.3) is 0 Å². The van der Waals surface area contributed by atoms with Crippen LogP contribution in [0.2, 0.25) is 0 Å². The van der Waals surface area contributed by atoms with Gasteiger partial charge in [-0.25, -0.2) is 0 Å². The first-order valence-electron chi connectivity index (χ1n) is 13.6. The van der Waals surface area contributed by atoms with Gasteiger partial charge in [0.15, 0.2) is 0 Å².